The van der Waals surface area contributed by atoms with Gasteiger partial charge in [-0.25, -0.2) is 4.98 Å². The van der Waals surface area contributed by atoms with Gasteiger partial charge in [0.1, 0.15) is 5.82 Å². The van der Waals surface area contributed by atoms with E-state index in [1.165, 1.54) is 17.7 Å². The molecule has 1 aliphatic rings. The largest absolute Gasteiger partial charge is 0.377 e. The molecule has 0 spiro atoms. The monoisotopic (exact) mass is 393 g/mol. The maximum Gasteiger partial charge on any atom is 0.121 e. The zero-order valence-electron chi connectivity index (χ0n) is 17.4. The topological polar surface area (TPSA) is 80.1 Å². The lowest BCUT2D eigenvalue weighted by Gasteiger charge is -2.37. The lowest BCUT2D eigenvalue weighted by Crippen LogP contribution is -2.41. The third-order valence-corrected chi connectivity index (χ3v) is 6.25. The number of aromatic amines is 1. The van der Waals surface area contributed by atoms with Gasteiger partial charge in [-0.3, -0.25) is 9.88 Å². The molecule has 0 amide bonds. The molecule has 0 aliphatic heterocycles. The number of benzene rings is 1. The van der Waals surface area contributed by atoms with Crippen LogP contribution >= 0.6 is 0 Å². The number of ether oxygens (including phenoxy) is 1. The highest BCUT2D eigenvalue weighted by Crippen LogP contribution is 2.34. The maximum atomic E-state index is 5.99. The van der Waals surface area contributed by atoms with Crippen molar-refractivity contribution in [1.29, 1.82) is 0 Å². The number of aryl methyl sites for hydroxylation is 1. The Labute approximate surface area is 172 Å². The Bertz CT molecular complexity index is 916. The average molecular weight is 394 g/mol. The van der Waals surface area contributed by atoms with Crippen molar-refractivity contribution in [1.82, 2.24) is 19.9 Å². The number of nitrogens with one attached hydrogen (secondary N) is 1. The Morgan fingerprint density at radius 2 is 2.14 bits per heavy atom. The second-order valence-corrected chi connectivity index (χ2v) is 8.24. The molecule has 6 heteroatoms. The van der Waals surface area contributed by atoms with Crippen LogP contribution in [0.3, 0.4) is 0 Å². The van der Waals surface area contributed by atoms with Gasteiger partial charge in [0.15, 0.2) is 0 Å². The third-order valence-electron chi connectivity index (χ3n) is 6.25. The first-order valence-corrected chi connectivity index (χ1v) is 10.5. The zero-order valence-corrected chi connectivity index (χ0v) is 17.4. The molecule has 1 aromatic carbocycles. The molecular formula is C23H31N5O. The summed E-state index contributed by atoms with van der Waals surface area (Å²) in [5.41, 5.74) is 10.3. The van der Waals surface area contributed by atoms with Crippen LogP contribution in [0.1, 0.15) is 49.3 Å². The molecule has 0 saturated carbocycles. The van der Waals surface area contributed by atoms with Crippen molar-refractivity contribution in [2.45, 2.75) is 50.8 Å². The average Bonchev–Trinajstić information content (AvgIpc) is 3.18. The minimum Gasteiger partial charge on any atom is -0.377 e. The van der Waals surface area contributed by atoms with Crippen LogP contribution in [0.2, 0.25) is 0 Å². The van der Waals surface area contributed by atoms with Crippen molar-refractivity contribution in [2.75, 3.05) is 20.2 Å². The van der Waals surface area contributed by atoms with Gasteiger partial charge in [-0.1, -0.05) is 18.2 Å². The van der Waals surface area contributed by atoms with E-state index in [2.05, 4.69) is 28.9 Å². The van der Waals surface area contributed by atoms with Crippen LogP contribution in [0, 0.1) is 0 Å². The first-order chi connectivity index (χ1) is 14.1. The van der Waals surface area contributed by atoms with Crippen molar-refractivity contribution >= 4 is 11.0 Å². The first kappa shape index (κ1) is 20.0. The van der Waals surface area contributed by atoms with Gasteiger partial charge in [0, 0.05) is 26.4 Å². The van der Waals surface area contributed by atoms with Crippen LogP contribution in [0.5, 0.6) is 0 Å². The molecule has 3 N–H and O–H groups in total. The number of nitrogens with zero attached hydrogens (tertiary/aromatic N) is 3. The molecule has 2 unspecified atom stereocenters. The van der Waals surface area contributed by atoms with Gasteiger partial charge in [-0.15, -0.1) is 0 Å². The molecule has 6 nitrogen and oxygen atoms in total. The summed E-state index contributed by atoms with van der Waals surface area (Å²) in [6.07, 6.45) is 6.17. The number of para-hydroxylation sites is 2. The molecule has 2 aromatic heterocycles. The highest BCUT2D eigenvalue weighted by atomic mass is 16.5. The van der Waals surface area contributed by atoms with Crippen LogP contribution in [0.15, 0.2) is 42.6 Å². The van der Waals surface area contributed by atoms with Crippen LogP contribution in [0.25, 0.3) is 11.0 Å². The SMILES string of the molecule is COC(C)(CN)CCN(Cc1nc2ccccc2[nH]1)C1CCCc2cccnc21. The predicted molar refractivity (Wildman–Crippen MR) is 116 cm³/mol. The van der Waals surface area contributed by atoms with Gasteiger partial charge < -0.3 is 15.5 Å². The second-order valence-electron chi connectivity index (χ2n) is 8.24. The molecule has 0 saturated heterocycles. The van der Waals surface area contributed by atoms with Gasteiger partial charge in [0.05, 0.1) is 34.9 Å². The molecule has 3 aromatic rings. The summed E-state index contributed by atoms with van der Waals surface area (Å²) in [6, 6.07) is 12.7. The van der Waals surface area contributed by atoms with Crippen molar-refractivity contribution in [3.63, 3.8) is 0 Å². The van der Waals surface area contributed by atoms with Crippen molar-refractivity contribution < 1.29 is 4.74 Å². The smallest absolute Gasteiger partial charge is 0.121 e. The molecule has 2 heterocycles. The highest BCUT2D eigenvalue weighted by molar-refractivity contribution is 5.74. The minimum atomic E-state index is -0.326. The van der Waals surface area contributed by atoms with Crippen LogP contribution in [-0.2, 0) is 17.7 Å². The molecular weight excluding hydrogens is 362 g/mol. The zero-order chi connectivity index (χ0) is 20.3. The third kappa shape index (κ3) is 4.34. The number of pyridine rings is 1. The summed E-state index contributed by atoms with van der Waals surface area (Å²) in [5, 5.41) is 0. The van der Waals surface area contributed by atoms with E-state index in [1.807, 2.05) is 30.5 Å². The fourth-order valence-electron chi connectivity index (χ4n) is 4.23. The van der Waals surface area contributed by atoms with Crippen LogP contribution < -0.4 is 5.73 Å². The normalized spacial score (nSPS) is 18.7. The van der Waals surface area contributed by atoms with E-state index in [0.29, 0.717) is 6.54 Å². The molecule has 29 heavy (non-hydrogen) atoms. The van der Waals surface area contributed by atoms with E-state index in [-0.39, 0.29) is 11.6 Å². The standard InChI is InChI=1S/C23H31N5O/c1-23(16-24,29-2)12-14-28(15-21-26-18-9-3-4-10-19(18)27-21)20-11-5-7-17-8-6-13-25-22(17)20/h3-4,6,8-10,13,20H,5,7,11-12,14-16,24H2,1-2H3,(H,26,27). The number of fused-ring (bicyclic) bond motifs is 2. The molecule has 4 rings (SSSR count). The Morgan fingerprint density at radius 1 is 1.28 bits per heavy atom. The minimum absolute atomic E-state index is 0.284. The highest BCUT2D eigenvalue weighted by Gasteiger charge is 2.30. The fraction of sp³-hybridized carbons (Fsp3) is 0.478. The molecule has 1 aliphatic carbocycles. The number of rotatable bonds is 8. The number of H-pyrrole nitrogens is 1. The quantitative estimate of drug-likeness (QED) is 0.611. The Balaban J connectivity index is 1.62. The number of hydrogen-bond acceptors (Lipinski definition) is 5. The van der Waals surface area contributed by atoms with Gasteiger partial charge in [0.2, 0.25) is 0 Å². The number of hydrogen-bond donors (Lipinski definition) is 2. The molecule has 0 fully saturated rings. The summed E-state index contributed by atoms with van der Waals surface area (Å²) in [6.45, 7) is 4.21. The number of nitrogens with two attached hydrogens (primary N) is 1. The summed E-state index contributed by atoms with van der Waals surface area (Å²) >= 11 is 0. The first-order valence-electron chi connectivity index (χ1n) is 10.5. The summed E-state index contributed by atoms with van der Waals surface area (Å²) in [4.78, 5) is 15.6. The number of imidazole rings is 1. The van der Waals surface area contributed by atoms with Crippen LogP contribution in [-0.4, -0.2) is 45.7 Å². The van der Waals surface area contributed by atoms with Crippen LogP contribution in [0.4, 0.5) is 0 Å². The Kier molecular flexibility index (Phi) is 5.94. The van der Waals surface area contributed by atoms with E-state index >= 15 is 0 Å². The van der Waals surface area contributed by atoms with Gasteiger partial charge in [0.25, 0.3) is 0 Å². The number of methoxy groups -OCH3 is 1. The lowest BCUT2D eigenvalue weighted by atomic mass is 9.90. The van der Waals surface area contributed by atoms with Gasteiger partial charge in [-0.2, -0.15) is 0 Å². The summed E-state index contributed by atoms with van der Waals surface area (Å²) < 4.78 is 5.70. The lowest BCUT2D eigenvalue weighted by molar-refractivity contribution is -0.00646. The van der Waals surface area contributed by atoms with E-state index in [9.17, 15) is 0 Å². The molecule has 2 atom stereocenters. The Hall–Kier alpha value is -2.28. The summed E-state index contributed by atoms with van der Waals surface area (Å²) in [5.74, 6) is 0.987. The number of aromatic nitrogens is 3. The van der Waals surface area contributed by atoms with Gasteiger partial charge >= 0.3 is 0 Å². The predicted octanol–water partition coefficient (Wildman–Crippen LogP) is 3.59. The second kappa shape index (κ2) is 8.61. The van der Waals surface area contributed by atoms with E-state index < -0.39 is 0 Å². The molecule has 0 radical (unpaired) electrons. The van der Waals surface area contributed by atoms with E-state index in [0.717, 1.165) is 49.2 Å². The fourth-order valence-corrected chi connectivity index (χ4v) is 4.23. The van der Waals surface area contributed by atoms with E-state index in [1.54, 1.807) is 7.11 Å². The van der Waals surface area contributed by atoms with Gasteiger partial charge in [-0.05, 0) is 56.4 Å². The maximum absolute atomic E-state index is 5.99. The molecule has 154 valence electrons. The van der Waals surface area contributed by atoms with Crippen molar-refractivity contribution in [3.8, 4) is 0 Å². The van der Waals surface area contributed by atoms with Crippen molar-refractivity contribution in [3.05, 3.63) is 59.7 Å². The van der Waals surface area contributed by atoms with E-state index in [4.69, 9.17) is 20.4 Å². The Morgan fingerprint density at radius 3 is 2.93 bits per heavy atom. The summed E-state index contributed by atoms with van der Waals surface area (Å²) in [7, 11) is 1.74. The molecule has 0 bridgehead atoms. The van der Waals surface area contributed by atoms with Crippen molar-refractivity contribution in [2.24, 2.45) is 5.73 Å².